The fraction of sp³-hybridized carbons (Fsp3) is 0.158. The summed E-state index contributed by atoms with van der Waals surface area (Å²) in [5, 5.41) is 0. The van der Waals surface area contributed by atoms with Crippen LogP contribution in [0, 0.1) is 5.92 Å². The largest absolute Gasteiger partial charge is 0.331 e. The molecule has 0 spiro atoms. The highest BCUT2D eigenvalue weighted by Gasteiger charge is 2.56. The molecular formula is C19H17N. The minimum atomic E-state index is 0.136. The molecule has 2 unspecified atom stereocenters. The number of rotatable bonds is 3. The first kappa shape index (κ1) is 11.5. The second-order valence-corrected chi connectivity index (χ2v) is 5.55. The predicted octanol–water partition coefficient (Wildman–Crippen LogP) is 4.71. The maximum absolute atomic E-state index is 2.48. The fourth-order valence-electron chi connectivity index (χ4n) is 3.26. The molecule has 1 saturated carbocycles. The van der Waals surface area contributed by atoms with Gasteiger partial charge in [-0.2, -0.15) is 0 Å². The van der Waals surface area contributed by atoms with Gasteiger partial charge < -0.3 is 4.90 Å². The molecule has 98 valence electrons. The quantitative estimate of drug-likeness (QED) is 0.771. The zero-order chi connectivity index (χ0) is 13.4. The highest BCUT2D eigenvalue weighted by atomic mass is 15.2. The minimum Gasteiger partial charge on any atom is -0.331 e. The molecule has 0 N–H and O–H groups in total. The van der Waals surface area contributed by atoms with Gasteiger partial charge in [0, 0.05) is 17.3 Å². The van der Waals surface area contributed by atoms with Crippen molar-refractivity contribution >= 4 is 11.4 Å². The van der Waals surface area contributed by atoms with Crippen LogP contribution in [0.3, 0.4) is 0 Å². The fourth-order valence-corrected chi connectivity index (χ4v) is 3.26. The zero-order valence-corrected chi connectivity index (χ0v) is 11.3. The van der Waals surface area contributed by atoms with Gasteiger partial charge in [-0.05, 0) is 30.7 Å². The van der Waals surface area contributed by atoms with E-state index in [0.29, 0.717) is 5.92 Å². The van der Waals surface area contributed by atoms with Gasteiger partial charge in [0.1, 0.15) is 0 Å². The maximum Gasteiger partial charge on any atom is 0.0706 e. The highest BCUT2D eigenvalue weighted by molar-refractivity contribution is 5.70. The molecule has 1 heteroatoms. The molecule has 2 aliphatic carbocycles. The van der Waals surface area contributed by atoms with Crippen LogP contribution in [0.4, 0.5) is 11.4 Å². The molecule has 0 radical (unpaired) electrons. The Hall–Kier alpha value is -2.28. The van der Waals surface area contributed by atoms with E-state index < -0.39 is 0 Å². The summed E-state index contributed by atoms with van der Waals surface area (Å²) in [5.41, 5.74) is 2.67. The molecular weight excluding hydrogens is 242 g/mol. The van der Waals surface area contributed by atoms with Crippen LogP contribution in [-0.4, -0.2) is 5.54 Å². The number of anilines is 2. The first-order valence-electron chi connectivity index (χ1n) is 7.16. The van der Waals surface area contributed by atoms with Gasteiger partial charge in [0.05, 0.1) is 5.54 Å². The number of fused-ring (bicyclic) bond motifs is 1. The number of allylic oxidation sites excluding steroid dienone is 2. The zero-order valence-electron chi connectivity index (χ0n) is 11.3. The Balaban J connectivity index is 1.83. The van der Waals surface area contributed by atoms with Gasteiger partial charge in [0.15, 0.2) is 0 Å². The summed E-state index contributed by atoms with van der Waals surface area (Å²) in [6.45, 7) is 0. The molecule has 2 atom stereocenters. The lowest BCUT2D eigenvalue weighted by molar-refractivity contribution is 0.752. The van der Waals surface area contributed by atoms with E-state index in [1.54, 1.807) is 0 Å². The SMILES string of the molecule is C1=CC2CC2(N(c2ccccc2)c2ccccc2)C=C1. The Morgan fingerprint density at radius 1 is 0.800 bits per heavy atom. The van der Waals surface area contributed by atoms with Crippen LogP contribution < -0.4 is 4.90 Å². The molecule has 0 heterocycles. The van der Waals surface area contributed by atoms with Gasteiger partial charge in [-0.25, -0.2) is 0 Å². The third-order valence-electron chi connectivity index (χ3n) is 4.31. The average Bonchev–Trinajstić information content (AvgIpc) is 3.25. The second kappa shape index (κ2) is 4.38. The van der Waals surface area contributed by atoms with E-state index in [1.165, 1.54) is 17.8 Å². The average molecular weight is 259 g/mol. The molecule has 1 fully saturated rings. The van der Waals surface area contributed by atoms with E-state index in [1.807, 2.05) is 0 Å². The summed E-state index contributed by atoms with van der Waals surface area (Å²) in [4.78, 5) is 2.48. The summed E-state index contributed by atoms with van der Waals surface area (Å²) in [7, 11) is 0. The van der Waals surface area contributed by atoms with Gasteiger partial charge in [-0.1, -0.05) is 60.7 Å². The van der Waals surface area contributed by atoms with E-state index in [9.17, 15) is 0 Å². The third-order valence-corrected chi connectivity index (χ3v) is 4.31. The summed E-state index contributed by atoms with van der Waals surface area (Å²) in [5.74, 6) is 0.632. The van der Waals surface area contributed by atoms with Crippen molar-refractivity contribution < 1.29 is 0 Å². The molecule has 1 nitrogen and oxygen atoms in total. The van der Waals surface area contributed by atoms with Crippen LogP contribution in [0.25, 0.3) is 0 Å². The molecule has 0 amide bonds. The van der Waals surface area contributed by atoms with Gasteiger partial charge in [-0.15, -0.1) is 0 Å². The highest BCUT2D eigenvalue weighted by Crippen LogP contribution is 2.56. The summed E-state index contributed by atoms with van der Waals surface area (Å²) < 4.78 is 0. The van der Waals surface area contributed by atoms with Crippen molar-refractivity contribution in [1.82, 2.24) is 0 Å². The van der Waals surface area contributed by atoms with Gasteiger partial charge in [0.2, 0.25) is 0 Å². The Morgan fingerprint density at radius 2 is 1.40 bits per heavy atom. The van der Waals surface area contributed by atoms with Crippen molar-refractivity contribution in [3.05, 3.63) is 85.0 Å². The van der Waals surface area contributed by atoms with Crippen molar-refractivity contribution in [3.8, 4) is 0 Å². The summed E-state index contributed by atoms with van der Waals surface area (Å²) in [6.07, 6.45) is 10.2. The number of hydrogen-bond donors (Lipinski definition) is 0. The van der Waals surface area contributed by atoms with E-state index in [2.05, 4.69) is 89.9 Å². The van der Waals surface area contributed by atoms with Crippen LogP contribution in [0.2, 0.25) is 0 Å². The maximum atomic E-state index is 2.48. The van der Waals surface area contributed by atoms with Crippen molar-refractivity contribution in [2.45, 2.75) is 12.0 Å². The molecule has 0 saturated heterocycles. The Bertz CT molecular complexity index is 617. The monoisotopic (exact) mass is 259 g/mol. The Morgan fingerprint density at radius 3 is 1.95 bits per heavy atom. The Kier molecular flexibility index (Phi) is 2.53. The van der Waals surface area contributed by atoms with Crippen molar-refractivity contribution in [2.24, 2.45) is 5.92 Å². The minimum absolute atomic E-state index is 0.136. The lowest BCUT2D eigenvalue weighted by Crippen LogP contribution is -2.33. The molecule has 20 heavy (non-hydrogen) atoms. The first-order valence-corrected chi connectivity index (χ1v) is 7.16. The smallest absolute Gasteiger partial charge is 0.0706 e. The van der Waals surface area contributed by atoms with Gasteiger partial charge >= 0.3 is 0 Å². The normalized spacial score (nSPS) is 26.1. The topological polar surface area (TPSA) is 3.24 Å². The number of nitrogens with zero attached hydrogens (tertiary/aromatic N) is 1. The summed E-state index contributed by atoms with van der Waals surface area (Å²) >= 11 is 0. The number of benzene rings is 2. The van der Waals surface area contributed by atoms with Crippen LogP contribution in [-0.2, 0) is 0 Å². The van der Waals surface area contributed by atoms with Crippen molar-refractivity contribution in [1.29, 1.82) is 0 Å². The van der Waals surface area contributed by atoms with Gasteiger partial charge in [-0.3, -0.25) is 0 Å². The van der Waals surface area contributed by atoms with Crippen LogP contribution in [0.15, 0.2) is 85.0 Å². The van der Waals surface area contributed by atoms with E-state index in [-0.39, 0.29) is 5.54 Å². The molecule has 0 bridgehead atoms. The van der Waals surface area contributed by atoms with Crippen molar-refractivity contribution in [2.75, 3.05) is 4.90 Å². The number of hydrogen-bond acceptors (Lipinski definition) is 1. The lowest BCUT2D eigenvalue weighted by atomic mass is 10.0. The molecule has 0 aliphatic heterocycles. The van der Waals surface area contributed by atoms with Gasteiger partial charge in [0.25, 0.3) is 0 Å². The Labute approximate surface area is 119 Å². The third kappa shape index (κ3) is 1.70. The second-order valence-electron chi connectivity index (χ2n) is 5.55. The molecule has 2 aromatic carbocycles. The first-order chi connectivity index (χ1) is 9.90. The summed E-state index contributed by atoms with van der Waals surface area (Å²) in [6, 6.07) is 21.4. The standard InChI is InChI=1S/C19H17N/c1-3-10-17(11-4-1)20(18-12-5-2-6-13-18)19-14-8-7-9-16(19)15-19/h1-14,16H,15H2. The van der Waals surface area contributed by atoms with E-state index in [4.69, 9.17) is 0 Å². The van der Waals surface area contributed by atoms with E-state index >= 15 is 0 Å². The lowest BCUT2D eigenvalue weighted by Gasteiger charge is -2.34. The van der Waals surface area contributed by atoms with Crippen LogP contribution in [0.5, 0.6) is 0 Å². The molecule has 2 aromatic rings. The molecule has 2 aliphatic rings. The van der Waals surface area contributed by atoms with Crippen LogP contribution in [0.1, 0.15) is 6.42 Å². The molecule has 0 aromatic heterocycles. The van der Waals surface area contributed by atoms with Crippen LogP contribution >= 0.6 is 0 Å². The number of para-hydroxylation sites is 2. The van der Waals surface area contributed by atoms with Crippen molar-refractivity contribution in [3.63, 3.8) is 0 Å². The molecule has 4 rings (SSSR count). The predicted molar refractivity (Wildman–Crippen MR) is 84.1 cm³/mol. The van der Waals surface area contributed by atoms with E-state index in [0.717, 1.165) is 0 Å².